The molecule has 2 aromatic rings. The maximum atomic E-state index is 6.30. The van der Waals surface area contributed by atoms with Gasteiger partial charge in [0.2, 0.25) is 0 Å². The van der Waals surface area contributed by atoms with Crippen LogP contribution in [0.3, 0.4) is 0 Å². The topological polar surface area (TPSA) is 24.9 Å². The smallest absolute Gasteiger partial charge is 0.0927 e. The lowest BCUT2D eigenvalue weighted by Crippen LogP contribution is -2.05. The highest BCUT2D eigenvalue weighted by Gasteiger charge is 2.15. The van der Waals surface area contributed by atoms with Gasteiger partial charge in [-0.15, -0.1) is 0 Å². The van der Waals surface area contributed by atoms with E-state index in [0.29, 0.717) is 10.0 Å². The van der Waals surface area contributed by atoms with Gasteiger partial charge in [0.15, 0.2) is 0 Å². The maximum Gasteiger partial charge on any atom is 0.0927 e. The molecule has 0 radical (unpaired) electrons. The molecule has 0 aliphatic rings. The average Bonchev–Trinajstić information content (AvgIpc) is 2.36. The number of pyridine rings is 1. The summed E-state index contributed by atoms with van der Waals surface area (Å²) < 4.78 is 0. The molecular weight excluding hydrogens is 267 g/mol. The number of aromatic nitrogens is 1. The predicted octanol–water partition coefficient (Wildman–Crippen LogP) is 4.84. The molecule has 1 N–H and O–H groups in total. The van der Waals surface area contributed by atoms with Crippen molar-refractivity contribution < 1.29 is 0 Å². The Kier molecular flexibility index (Phi) is 3.98. The van der Waals surface area contributed by atoms with Crippen LogP contribution in [0.25, 0.3) is 10.9 Å². The fourth-order valence-electron chi connectivity index (χ4n) is 2.18. The number of hydrogen-bond donors (Lipinski definition) is 1. The van der Waals surface area contributed by atoms with Crippen molar-refractivity contribution >= 4 is 39.8 Å². The minimum atomic E-state index is 0.642. The highest BCUT2D eigenvalue weighted by molar-refractivity contribution is 6.40. The first-order chi connectivity index (χ1) is 8.60. The molecule has 2 rings (SSSR count). The number of nitrogens with one attached hydrogen (secondary N) is 1. The third-order valence-corrected chi connectivity index (χ3v) is 3.69. The van der Waals surface area contributed by atoms with Crippen LogP contribution in [-0.2, 0) is 6.42 Å². The first kappa shape index (κ1) is 13.4. The molecule has 0 atom stereocenters. The molecule has 18 heavy (non-hydrogen) atoms. The summed E-state index contributed by atoms with van der Waals surface area (Å²) in [4.78, 5) is 4.64. The number of rotatable bonds is 3. The second kappa shape index (κ2) is 5.33. The van der Waals surface area contributed by atoms with Gasteiger partial charge in [0.1, 0.15) is 0 Å². The SMILES string of the molecule is CCNc1c(C)c(CC)nc2c(Cl)ccc(Cl)c12. The van der Waals surface area contributed by atoms with Crippen molar-refractivity contribution in [2.24, 2.45) is 0 Å². The average molecular weight is 283 g/mol. The van der Waals surface area contributed by atoms with Gasteiger partial charge in [-0.2, -0.15) is 0 Å². The molecule has 1 aromatic carbocycles. The second-order valence-electron chi connectivity index (χ2n) is 4.20. The Hall–Kier alpha value is -0.990. The Morgan fingerprint density at radius 1 is 1.17 bits per heavy atom. The number of anilines is 1. The highest BCUT2D eigenvalue weighted by atomic mass is 35.5. The predicted molar refractivity (Wildman–Crippen MR) is 80.0 cm³/mol. The van der Waals surface area contributed by atoms with E-state index in [1.807, 2.05) is 6.07 Å². The van der Waals surface area contributed by atoms with Crippen LogP contribution in [0, 0.1) is 6.92 Å². The van der Waals surface area contributed by atoms with Gasteiger partial charge in [0.25, 0.3) is 0 Å². The second-order valence-corrected chi connectivity index (χ2v) is 5.01. The molecular formula is C14H16Cl2N2. The summed E-state index contributed by atoms with van der Waals surface area (Å²) in [6, 6.07) is 3.61. The van der Waals surface area contributed by atoms with Crippen molar-refractivity contribution in [2.75, 3.05) is 11.9 Å². The Balaban J connectivity index is 2.90. The lowest BCUT2D eigenvalue weighted by Gasteiger charge is -2.16. The van der Waals surface area contributed by atoms with E-state index in [1.165, 1.54) is 0 Å². The van der Waals surface area contributed by atoms with Crippen LogP contribution in [0.1, 0.15) is 25.1 Å². The highest BCUT2D eigenvalue weighted by Crippen LogP contribution is 2.36. The molecule has 0 saturated carbocycles. The monoisotopic (exact) mass is 282 g/mol. The van der Waals surface area contributed by atoms with E-state index < -0.39 is 0 Å². The zero-order chi connectivity index (χ0) is 13.3. The number of halogens is 2. The van der Waals surface area contributed by atoms with Crippen LogP contribution in [0.5, 0.6) is 0 Å². The van der Waals surface area contributed by atoms with E-state index in [9.17, 15) is 0 Å². The first-order valence-electron chi connectivity index (χ1n) is 6.11. The molecule has 1 aromatic heterocycles. The number of fused-ring (bicyclic) bond motifs is 1. The van der Waals surface area contributed by atoms with Crippen LogP contribution in [0.4, 0.5) is 5.69 Å². The molecule has 0 fully saturated rings. The van der Waals surface area contributed by atoms with Crippen LogP contribution >= 0.6 is 23.2 Å². The summed E-state index contributed by atoms with van der Waals surface area (Å²) in [5.74, 6) is 0. The molecule has 0 spiro atoms. The van der Waals surface area contributed by atoms with E-state index in [4.69, 9.17) is 23.2 Å². The van der Waals surface area contributed by atoms with E-state index >= 15 is 0 Å². The van der Waals surface area contributed by atoms with Crippen molar-refractivity contribution in [3.8, 4) is 0 Å². The Bertz CT molecular complexity index is 594. The fourth-order valence-corrected chi connectivity index (χ4v) is 2.63. The standard InChI is InChI=1S/C14H16Cl2N2/c1-4-11-8(3)13(17-5-2)12-9(15)6-7-10(16)14(12)18-11/h6-7H,4-5H2,1-3H3,(H,17,18). The Labute approximate surface area is 117 Å². The van der Waals surface area contributed by atoms with Gasteiger partial charge >= 0.3 is 0 Å². The molecule has 2 nitrogen and oxygen atoms in total. The Morgan fingerprint density at radius 3 is 2.44 bits per heavy atom. The van der Waals surface area contributed by atoms with Crippen molar-refractivity contribution in [1.29, 1.82) is 0 Å². The molecule has 96 valence electrons. The summed E-state index contributed by atoms with van der Waals surface area (Å²) in [6.45, 7) is 7.07. The number of nitrogens with zero attached hydrogens (tertiary/aromatic N) is 1. The van der Waals surface area contributed by atoms with Crippen molar-refractivity contribution in [3.05, 3.63) is 33.4 Å². The number of benzene rings is 1. The van der Waals surface area contributed by atoms with Gasteiger partial charge in [-0.3, -0.25) is 4.98 Å². The van der Waals surface area contributed by atoms with Crippen LogP contribution in [-0.4, -0.2) is 11.5 Å². The van der Waals surface area contributed by atoms with E-state index in [1.54, 1.807) is 6.07 Å². The van der Waals surface area contributed by atoms with Gasteiger partial charge in [0, 0.05) is 23.3 Å². The minimum absolute atomic E-state index is 0.642. The van der Waals surface area contributed by atoms with Crippen molar-refractivity contribution in [3.63, 3.8) is 0 Å². The summed E-state index contributed by atoms with van der Waals surface area (Å²) in [7, 11) is 0. The zero-order valence-corrected chi connectivity index (χ0v) is 12.3. The molecule has 1 heterocycles. The first-order valence-corrected chi connectivity index (χ1v) is 6.86. The molecule has 0 saturated heterocycles. The lowest BCUT2D eigenvalue weighted by atomic mass is 10.1. The summed E-state index contributed by atoms with van der Waals surface area (Å²) >= 11 is 12.5. The van der Waals surface area contributed by atoms with E-state index in [0.717, 1.165) is 40.8 Å². The van der Waals surface area contributed by atoms with E-state index in [2.05, 4.69) is 31.1 Å². The summed E-state index contributed by atoms with van der Waals surface area (Å²) in [6.07, 6.45) is 0.878. The molecule has 0 bridgehead atoms. The van der Waals surface area contributed by atoms with Gasteiger partial charge in [0.05, 0.1) is 15.6 Å². The quantitative estimate of drug-likeness (QED) is 0.871. The zero-order valence-electron chi connectivity index (χ0n) is 10.8. The molecule has 0 unspecified atom stereocenters. The third kappa shape index (κ3) is 2.15. The van der Waals surface area contributed by atoms with Gasteiger partial charge in [-0.05, 0) is 38.0 Å². The summed E-state index contributed by atoms with van der Waals surface area (Å²) in [5.41, 5.74) is 4.04. The van der Waals surface area contributed by atoms with E-state index in [-0.39, 0.29) is 0 Å². The molecule has 0 aliphatic carbocycles. The number of aryl methyl sites for hydroxylation is 1. The van der Waals surface area contributed by atoms with Gasteiger partial charge < -0.3 is 5.32 Å². The normalized spacial score (nSPS) is 10.9. The van der Waals surface area contributed by atoms with Crippen molar-refractivity contribution in [2.45, 2.75) is 27.2 Å². The molecule has 4 heteroatoms. The largest absolute Gasteiger partial charge is 0.384 e. The summed E-state index contributed by atoms with van der Waals surface area (Å²) in [5, 5.41) is 5.62. The van der Waals surface area contributed by atoms with Crippen molar-refractivity contribution in [1.82, 2.24) is 4.98 Å². The van der Waals surface area contributed by atoms with Gasteiger partial charge in [-0.1, -0.05) is 30.1 Å². The van der Waals surface area contributed by atoms with Crippen LogP contribution < -0.4 is 5.32 Å². The molecule has 0 aliphatic heterocycles. The Morgan fingerprint density at radius 2 is 1.83 bits per heavy atom. The van der Waals surface area contributed by atoms with Crippen LogP contribution in [0.15, 0.2) is 12.1 Å². The lowest BCUT2D eigenvalue weighted by molar-refractivity contribution is 1.03. The molecule has 0 amide bonds. The number of hydrogen-bond acceptors (Lipinski definition) is 2. The third-order valence-electron chi connectivity index (χ3n) is 3.07. The fraction of sp³-hybridized carbons (Fsp3) is 0.357. The maximum absolute atomic E-state index is 6.30. The van der Waals surface area contributed by atoms with Crippen LogP contribution in [0.2, 0.25) is 10.0 Å². The van der Waals surface area contributed by atoms with Gasteiger partial charge in [-0.25, -0.2) is 0 Å². The minimum Gasteiger partial charge on any atom is -0.384 e.